The lowest BCUT2D eigenvalue weighted by atomic mass is 10.2. The number of carbonyl (C=O) groups excluding carboxylic acids is 1. The number of aryl methyl sites for hydroxylation is 1. The zero-order chi connectivity index (χ0) is 13.9. The maximum absolute atomic E-state index is 11.5. The van der Waals surface area contributed by atoms with Crippen molar-refractivity contribution in [3.8, 4) is 0 Å². The predicted octanol–water partition coefficient (Wildman–Crippen LogP) is 1.56. The Morgan fingerprint density at radius 3 is 2.79 bits per heavy atom. The summed E-state index contributed by atoms with van der Waals surface area (Å²) in [5, 5.41) is 6.26. The van der Waals surface area contributed by atoms with Gasteiger partial charge in [0.05, 0.1) is 6.33 Å². The minimum Gasteiger partial charge on any atom is -0.356 e. The molecule has 0 aliphatic heterocycles. The molecule has 0 saturated carbocycles. The molecule has 1 amide bonds. The van der Waals surface area contributed by atoms with Crippen LogP contribution in [0.1, 0.15) is 39.5 Å². The molecular formula is C14H26N4O. The first-order valence-electron chi connectivity index (χ1n) is 7.14. The number of aromatic nitrogens is 2. The van der Waals surface area contributed by atoms with Crippen LogP contribution in [0.25, 0.3) is 0 Å². The van der Waals surface area contributed by atoms with Crippen LogP contribution in [0.4, 0.5) is 0 Å². The first kappa shape index (κ1) is 15.7. The molecule has 0 saturated heterocycles. The molecule has 1 rings (SSSR count). The Hall–Kier alpha value is -1.36. The third kappa shape index (κ3) is 8.37. The van der Waals surface area contributed by atoms with Crippen molar-refractivity contribution in [1.82, 2.24) is 20.2 Å². The minimum atomic E-state index is 0.160. The van der Waals surface area contributed by atoms with Gasteiger partial charge in [-0.1, -0.05) is 13.8 Å². The number of hydrogen-bond acceptors (Lipinski definition) is 3. The van der Waals surface area contributed by atoms with Gasteiger partial charge in [0.15, 0.2) is 0 Å². The van der Waals surface area contributed by atoms with Crippen LogP contribution in [0, 0.1) is 0 Å². The molecule has 0 bridgehead atoms. The highest BCUT2D eigenvalue weighted by molar-refractivity contribution is 5.75. The summed E-state index contributed by atoms with van der Waals surface area (Å²) < 4.78 is 2.05. The van der Waals surface area contributed by atoms with E-state index in [-0.39, 0.29) is 5.91 Å². The van der Waals surface area contributed by atoms with Gasteiger partial charge in [0, 0.05) is 37.9 Å². The van der Waals surface area contributed by atoms with E-state index >= 15 is 0 Å². The largest absolute Gasteiger partial charge is 0.356 e. The summed E-state index contributed by atoms with van der Waals surface area (Å²) >= 11 is 0. The van der Waals surface area contributed by atoms with E-state index in [1.807, 2.05) is 12.5 Å². The second-order valence-electron chi connectivity index (χ2n) is 5.07. The summed E-state index contributed by atoms with van der Waals surface area (Å²) in [7, 11) is 0. The maximum atomic E-state index is 11.5. The lowest BCUT2D eigenvalue weighted by molar-refractivity contribution is -0.121. The lowest BCUT2D eigenvalue weighted by Gasteiger charge is -2.08. The Morgan fingerprint density at radius 2 is 2.11 bits per heavy atom. The summed E-state index contributed by atoms with van der Waals surface area (Å²) in [5.74, 6) is 0.160. The van der Waals surface area contributed by atoms with E-state index in [2.05, 4.69) is 34.0 Å². The van der Waals surface area contributed by atoms with Crippen LogP contribution in [-0.4, -0.2) is 34.6 Å². The van der Waals surface area contributed by atoms with Crippen LogP contribution in [0.5, 0.6) is 0 Å². The maximum Gasteiger partial charge on any atom is 0.220 e. The van der Waals surface area contributed by atoms with Gasteiger partial charge in [-0.25, -0.2) is 4.98 Å². The molecule has 0 unspecified atom stereocenters. The summed E-state index contributed by atoms with van der Waals surface area (Å²) in [4.78, 5) is 15.5. The Labute approximate surface area is 115 Å². The van der Waals surface area contributed by atoms with Crippen molar-refractivity contribution in [2.24, 2.45) is 0 Å². The highest BCUT2D eigenvalue weighted by Crippen LogP contribution is 1.95. The van der Waals surface area contributed by atoms with Crippen molar-refractivity contribution in [3.05, 3.63) is 18.7 Å². The van der Waals surface area contributed by atoms with E-state index in [0.29, 0.717) is 12.5 Å². The van der Waals surface area contributed by atoms with Crippen molar-refractivity contribution in [2.75, 3.05) is 13.1 Å². The molecule has 1 heterocycles. The molecule has 0 aliphatic rings. The average Bonchev–Trinajstić information content (AvgIpc) is 2.87. The summed E-state index contributed by atoms with van der Waals surface area (Å²) in [6.45, 7) is 6.87. The second-order valence-corrected chi connectivity index (χ2v) is 5.07. The number of amides is 1. The Kier molecular flexibility index (Phi) is 7.89. The van der Waals surface area contributed by atoms with Gasteiger partial charge in [-0.05, 0) is 25.8 Å². The van der Waals surface area contributed by atoms with Gasteiger partial charge in [-0.3, -0.25) is 4.79 Å². The molecular weight excluding hydrogens is 240 g/mol. The monoisotopic (exact) mass is 266 g/mol. The number of nitrogens with one attached hydrogen (secondary N) is 2. The third-order valence-corrected chi connectivity index (χ3v) is 2.86. The van der Waals surface area contributed by atoms with Crippen LogP contribution in [0.2, 0.25) is 0 Å². The molecule has 1 aromatic rings. The number of nitrogens with zero attached hydrogens (tertiary/aromatic N) is 2. The molecule has 0 atom stereocenters. The van der Waals surface area contributed by atoms with E-state index in [1.54, 1.807) is 6.20 Å². The topological polar surface area (TPSA) is 59.0 Å². The number of hydrogen-bond donors (Lipinski definition) is 2. The van der Waals surface area contributed by atoms with Gasteiger partial charge >= 0.3 is 0 Å². The zero-order valence-electron chi connectivity index (χ0n) is 12.1. The second kappa shape index (κ2) is 9.55. The molecule has 0 radical (unpaired) electrons. The van der Waals surface area contributed by atoms with Crippen molar-refractivity contribution < 1.29 is 4.79 Å². The first-order valence-corrected chi connectivity index (χ1v) is 7.14. The van der Waals surface area contributed by atoms with Gasteiger partial charge in [0.2, 0.25) is 5.91 Å². The number of unbranched alkanes of at least 4 members (excludes halogenated alkanes) is 1. The van der Waals surface area contributed by atoms with Crippen LogP contribution in [0.15, 0.2) is 18.7 Å². The van der Waals surface area contributed by atoms with Crippen LogP contribution >= 0.6 is 0 Å². The molecule has 19 heavy (non-hydrogen) atoms. The quantitative estimate of drug-likeness (QED) is 0.632. The molecule has 108 valence electrons. The average molecular weight is 266 g/mol. The molecule has 0 aliphatic carbocycles. The fourth-order valence-corrected chi connectivity index (χ4v) is 1.79. The van der Waals surface area contributed by atoms with Crippen molar-refractivity contribution in [1.29, 1.82) is 0 Å². The first-order chi connectivity index (χ1) is 9.18. The predicted molar refractivity (Wildman–Crippen MR) is 76.8 cm³/mol. The van der Waals surface area contributed by atoms with E-state index in [0.717, 1.165) is 38.9 Å². The van der Waals surface area contributed by atoms with E-state index in [4.69, 9.17) is 0 Å². The number of carbonyl (C=O) groups is 1. The van der Waals surface area contributed by atoms with E-state index in [9.17, 15) is 4.79 Å². The molecule has 5 nitrogen and oxygen atoms in total. The smallest absolute Gasteiger partial charge is 0.220 e. The third-order valence-electron chi connectivity index (χ3n) is 2.86. The Balaban J connectivity index is 1.90. The van der Waals surface area contributed by atoms with E-state index in [1.165, 1.54) is 0 Å². The van der Waals surface area contributed by atoms with E-state index < -0.39 is 0 Å². The summed E-state index contributed by atoms with van der Waals surface area (Å²) in [6.07, 6.45) is 9.15. The SMILES string of the molecule is CC(C)NCCCC(=O)NCCCCn1ccnc1. The molecule has 5 heteroatoms. The summed E-state index contributed by atoms with van der Waals surface area (Å²) in [6, 6.07) is 0.492. The summed E-state index contributed by atoms with van der Waals surface area (Å²) in [5.41, 5.74) is 0. The molecule has 1 aromatic heterocycles. The van der Waals surface area contributed by atoms with Crippen molar-refractivity contribution in [3.63, 3.8) is 0 Å². The highest BCUT2D eigenvalue weighted by atomic mass is 16.1. The Morgan fingerprint density at radius 1 is 1.26 bits per heavy atom. The van der Waals surface area contributed by atoms with Gasteiger partial charge in [-0.2, -0.15) is 0 Å². The van der Waals surface area contributed by atoms with Crippen molar-refractivity contribution in [2.45, 2.75) is 52.1 Å². The molecule has 0 spiro atoms. The zero-order valence-corrected chi connectivity index (χ0v) is 12.1. The van der Waals surface area contributed by atoms with Gasteiger partial charge in [0.1, 0.15) is 0 Å². The fraction of sp³-hybridized carbons (Fsp3) is 0.714. The highest BCUT2D eigenvalue weighted by Gasteiger charge is 2.00. The normalized spacial score (nSPS) is 10.9. The van der Waals surface area contributed by atoms with Gasteiger partial charge in [0.25, 0.3) is 0 Å². The molecule has 0 fully saturated rings. The molecule has 0 aromatic carbocycles. The van der Waals surface area contributed by atoms with Crippen LogP contribution < -0.4 is 10.6 Å². The van der Waals surface area contributed by atoms with Gasteiger partial charge < -0.3 is 15.2 Å². The standard InChI is InChI=1S/C14H26N4O/c1-13(2)16-8-5-6-14(19)17-7-3-4-10-18-11-9-15-12-18/h9,11-13,16H,3-8,10H2,1-2H3,(H,17,19). The Bertz CT molecular complexity index is 335. The van der Waals surface area contributed by atoms with Crippen LogP contribution in [0.3, 0.4) is 0 Å². The number of rotatable bonds is 10. The van der Waals surface area contributed by atoms with Gasteiger partial charge in [-0.15, -0.1) is 0 Å². The van der Waals surface area contributed by atoms with Crippen molar-refractivity contribution >= 4 is 5.91 Å². The van der Waals surface area contributed by atoms with Crippen LogP contribution in [-0.2, 0) is 11.3 Å². The lowest BCUT2D eigenvalue weighted by Crippen LogP contribution is -2.27. The minimum absolute atomic E-state index is 0.160. The molecule has 2 N–H and O–H groups in total. The fourth-order valence-electron chi connectivity index (χ4n) is 1.79. The number of imidazole rings is 1.